The minimum atomic E-state index is -0.656. The summed E-state index contributed by atoms with van der Waals surface area (Å²) < 4.78 is 105. The molecule has 0 bridgehead atoms. The second kappa shape index (κ2) is 17.8. The predicted octanol–water partition coefficient (Wildman–Crippen LogP) is 18.5. The van der Waals surface area contributed by atoms with Crippen molar-refractivity contribution >= 4 is 32.8 Å². The molecule has 3 heterocycles. The fraction of sp³-hybridized carbons (Fsp3) is 0.314. The second-order valence-electron chi connectivity index (χ2n) is 25.4. The number of nitrogens with zero attached hydrogens (tertiary/aromatic N) is 4. The Labute approximate surface area is 476 Å². The van der Waals surface area contributed by atoms with Crippen LogP contribution >= 0.6 is 0 Å². The van der Waals surface area contributed by atoms with Crippen molar-refractivity contribution in [2.75, 3.05) is 0 Å². The Kier molecular flexibility index (Phi) is 9.50. The number of aromatic nitrogens is 4. The van der Waals surface area contributed by atoms with Crippen molar-refractivity contribution in [2.24, 2.45) is 5.41 Å². The average Bonchev–Trinajstić information content (AvgIpc) is 1.51. The van der Waals surface area contributed by atoms with E-state index in [1.165, 1.54) is 11.1 Å². The molecule has 3 aromatic heterocycles. The molecule has 5 nitrogen and oxygen atoms in total. The number of hydrogen-bond acceptors (Lipinski definition) is 2. The summed E-state index contributed by atoms with van der Waals surface area (Å²) in [5, 5.41) is 2.11. The van der Waals surface area contributed by atoms with Gasteiger partial charge in [0.15, 0.2) is 0 Å². The van der Waals surface area contributed by atoms with Gasteiger partial charge in [-0.05, 0) is 45.9 Å². The first-order valence-corrected chi connectivity index (χ1v) is 27.3. The number of pyridine rings is 1. The third kappa shape index (κ3) is 8.30. The quantitative estimate of drug-likeness (QED) is 0.149. The van der Waals surface area contributed by atoms with Gasteiger partial charge in [0.1, 0.15) is 0 Å². The molecule has 0 radical (unpaired) electrons. The Morgan fingerprint density at radius 1 is 0.539 bits per heavy atom. The van der Waals surface area contributed by atoms with Crippen molar-refractivity contribution in [3.05, 3.63) is 195 Å². The van der Waals surface area contributed by atoms with Crippen molar-refractivity contribution in [1.29, 1.82) is 0 Å². The first-order valence-electron chi connectivity index (χ1n) is 31.1. The molecule has 76 heavy (non-hydrogen) atoms. The van der Waals surface area contributed by atoms with Gasteiger partial charge in [0.25, 0.3) is 0 Å². The van der Waals surface area contributed by atoms with Crippen molar-refractivity contribution < 1.29 is 37.8 Å². The van der Waals surface area contributed by atoms with Crippen LogP contribution < -0.4 is 4.74 Å². The van der Waals surface area contributed by atoms with Crippen LogP contribution in [0, 0.1) is 28.3 Å². The third-order valence-electron chi connectivity index (χ3n) is 17.0. The zero-order valence-electron chi connectivity index (χ0n) is 56.6. The standard InChI is InChI=1S/C70H72N4O.Pt/c1-44-31-32-71-63(33-44)74-60-40-51(28-29-53(60)56-41-57-58(42-61(56)74)69(13,14)70(15,16)68(57,11)12)75-52-35-48(66(5,6)7)34-50(39-52)72-43-73(59-30-27-47(38-62(59)72)65(2,3)4)64-54(45-23-19-17-20-24-45)36-49(67(8,9)10)37-55(64)46-25-21-18-22-26-46;/h17-38,41-42H,1-16H3;/q-2;/i17D,18D,19D,20D,21D,22D,23D,24D,25D,26D;. The van der Waals surface area contributed by atoms with Crippen LogP contribution in [0.25, 0.3) is 72.3 Å². The molecule has 0 aliphatic heterocycles. The Morgan fingerprint density at radius 3 is 1.70 bits per heavy atom. The number of rotatable bonds is 7. The van der Waals surface area contributed by atoms with E-state index in [0.717, 1.165) is 44.3 Å². The fourth-order valence-electron chi connectivity index (χ4n) is 11.2. The van der Waals surface area contributed by atoms with Crippen LogP contribution in [0.3, 0.4) is 0 Å². The summed E-state index contributed by atoms with van der Waals surface area (Å²) in [6, 6.07) is 29.1. The number of benzene rings is 7. The van der Waals surface area contributed by atoms with E-state index in [4.69, 9.17) is 17.9 Å². The SMILES string of the molecule is [2H]c1c([2H])c([2H])c(-c2cc(C(C)(C)C)cc(-c3c([2H])c([2H])c([2H])c([2H])c3[2H])c2-n2[c](=[Pt])n(-c3[c-]c(Oc4[c-]c5c(cc4)c4cc6c(cc4n5-c4cc(C)ccn4)C(C)(C)C(C)(C)C6(C)C)cc(C(C)(C)C)c3)c3cc(C(C)(C)C)ccc32)c([2H])c1[2H]. The van der Waals surface area contributed by atoms with Crippen molar-refractivity contribution in [3.8, 4) is 50.9 Å². The summed E-state index contributed by atoms with van der Waals surface area (Å²) >= 11 is 2.24. The molecule has 0 N–H and O–H groups in total. The molecule has 390 valence electrons. The van der Waals surface area contributed by atoms with Gasteiger partial charge >= 0.3 is 385 Å². The Hall–Kier alpha value is -6.55. The van der Waals surface area contributed by atoms with Gasteiger partial charge < -0.3 is 0 Å². The van der Waals surface area contributed by atoms with E-state index in [-0.39, 0.29) is 49.6 Å². The monoisotopic (exact) mass is 1190 g/mol. The average molecular weight is 1190 g/mol. The van der Waals surface area contributed by atoms with Crippen LogP contribution in [0.2, 0.25) is 0 Å². The number of fused-ring (bicyclic) bond motifs is 5. The molecule has 10 aromatic rings. The van der Waals surface area contributed by atoms with E-state index in [1.54, 1.807) is 0 Å². The molecule has 0 amide bonds. The first-order chi connectivity index (χ1) is 39.8. The van der Waals surface area contributed by atoms with Gasteiger partial charge in [-0.1, -0.05) is 41.5 Å². The Morgan fingerprint density at radius 2 is 1.12 bits per heavy atom. The van der Waals surface area contributed by atoms with Crippen LogP contribution in [-0.2, 0) is 46.4 Å². The van der Waals surface area contributed by atoms with Gasteiger partial charge in [0.2, 0.25) is 0 Å². The molecular weight excluding hydrogens is 1110 g/mol. The van der Waals surface area contributed by atoms with E-state index in [0.29, 0.717) is 37.6 Å². The molecule has 0 saturated heterocycles. The molecule has 0 saturated carbocycles. The van der Waals surface area contributed by atoms with Gasteiger partial charge in [-0.3, -0.25) is 0 Å². The summed E-state index contributed by atoms with van der Waals surface area (Å²) in [5.74, 6) is 1.64. The molecule has 6 heteroatoms. The van der Waals surface area contributed by atoms with E-state index in [9.17, 15) is 5.48 Å². The molecular formula is C70H72N4OPt-2. The zero-order chi connectivity index (χ0) is 62.9. The topological polar surface area (TPSA) is 36.9 Å². The number of aryl methyl sites for hydroxylation is 1. The minimum absolute atomic E-state index is 0.0422. The zero-order valence-corrected chi connectivity index (χ0v) is 48.9. The summed E-state index contributed by atoms with van der Waals surface area (Å²) in [5.41, 5.74) is 8.75. The Balaban J connectivity index is 1.21. The van der Waals surface area contributed by atoms with Crippen LogP contribution in [0.5, 0.6) is 11.5 Å². The van der Waals surface area contributed by atoms with Crippen LogP contribution in [0.4, 0.5) is 0 Å². The normalized spacial score (nSPS) is 17.1. The van der Waals surface area contributed by atoms with Crippen LogP contribution in [0.1, 0.15) is 151 Å². The van der Waals surface area contributed by atoms with Crippen molar-refractivity contribution in [3.63, 3.8) is 0 Å². The molecule has 0 unspecified atom stereocenters. The van der Waals surface area contributed by atoms with Crippen LogP contribution in [0.15, 0.2) is 145 Å². The number of ether oxygens (including phenoxy) is 1. The summed E-state index contributed by atoms with van der Waals surface area (Å²) in [4.78, 5) is 4.95. The maximum atomic E-state index is 9.50. The van der Waals surface area contributed by atoms with Gasteiger partial charge in [0.05, 0.1) is 0 Å². The first kappa shape index (κ1) is 40.7. The third-order valence-corrected chi connectivity index (χ3v) is 18.0. The molecule has 0 spiro atoms. The molecule has 11 rings (SSSR count). The summed E-state index contributed by atoms with van der Waals surface area (Å²) in [6.07, 6.45) is 1.84. The molecule has 1 aliphatic carbocycles. The number of imidazole rings is 1. The molecule has 1 aliphatic rings. The fourth-order valence-corrected chi connectivity index (χ4v) is 12.3. The molecule has 7 aromatic carbocycles. The van der Waals surface area contributed by atoms with Crippen molar-refractivity contribution in [1.82, 2.24) is 18.7 Å². The van der Waals surface area contributed by atoms with Crippen molar-refractivity contribution in [2.45, 2.75) is 138 Å². The van der Waals surface area contributed by atoms with E-state index >= 15 is 0 Å². The maximum absolute atomic E-state index is 9.50. The van der Waals surface area contributed by atoms with Gasteiger partial charge in [-0.25, -0.2) is 0 Å². The molecule has 0 atom stereocenters. The van der Waals surface area contributed by atoms with Crippen LogP contribution in [-0.4, -0.2) is 18.7 Å². The van der Waals surface area contributed by atoms with E-state index in [1.807, 2.05) is 74.0 Å². The Bertz CT molecular complexity index is 4490. The van der Waals surface area contributed by atoms with Gasteiger partial charge in [-0.2, -0.15) is 0 Å². The van der Waals surface area contributed by atoms with Gasteiger partial charge in [-0.15, -0.1) is 0 Å². The summed E-state index contributed by atoms with van der Waals surface area (Å²) in [6.45, 7) is 35.0. The second-order valence-corrected chi connectivity index (χ2v) is 26.4. The van der Waals surface area contributed by atoms with E-state index in [2.05, 4.69) is 167 Å². The molecule has 0 fully saturated rings. The van der Waals surface area contributed by atoms with E-state index < -0.39 is 71.3 Å². The van der Waals surface area contributed by atoms with Gasteiger partial charge in [0, 0.05) is 6.20 Å². The summed E-state index contributed by atoms with van der Waals surface area (Å²) in [7, 11) is 0. The number of hydrogen-bond donors (Lipinski definition) is 0. The predicted molar refractivity (Wildman–Crippen MR) is 314 cm³/mol.